The highest BCUT2D eigenvalue weighted by Gasteiger charge is 2.34. The average molecular weight is 270 g/mol. The van der Waals surface area contributed by atoms with Crippen LogP contribution in [-0.2, 0) is 4.79 Å². The Morgan fingerprint density at radius 3 is 1.63 bits per heavy atom. The van der Waals surface area contributed by atoms with E-state index in [1.807, 2.05) is 0 Å². The van der Waals surface area contributed by atoms with Gasteiger partial charge in [-0.25, -0.2) is 0 Å². The molecule has 0 spiro atoms. The minimum Gasteiger partial charge on any atom is -0.369 e. The molecule has 4 N–H and O–H groups in total. The number of rotatable bonds is 13. The number of nitrogens with two attached hydrogens (primary N) is 2. The van der Waals surface area contributed by atoms with E-state index in [9.17, 15) is 4.79 Å². The molecule has 0 saturated heterocycles. The second-order valence-electron chi connectivity index (χ2n) is 5.80. The summed E-state index contributed by atoms with van der Waals surface area (Å²) in [5, 5.41) is 0. The molecule has 0 saturated carbocycles. The lowest BCUT2D eigenvalue weighted by atomic mass is 9.74. The van der Waals surface area contributed by atoms with E-state index in [0.29, 0.717) is 6.54 Å². The number of hydrogen-bond acceptors (Lipinski definition) is 2. The van der Waals surface area contributed by atoms with Gasteiger partial charge >= 0.3 is 0 Å². The maximum Gasteiger partial charge on any atom is 0.223 e. The lowest BCUT2D eigenvalue weighted by molar-refractivity contribution is -0.129. The van der Waals surface area contributed by atoms with E-state index in [1.165, 1.54) is 38.5 Å². The Balaban J connectivity index is 4.36. The molecule has 0 unspecified atom stereocenters. The summed E-state index contributed by atoms with van der Waals surface area (Å²) < 4.78 is 0. The van der Waals surface area contributed by atoms with Crippen LogP contribution in [-0.4, -0.2) is 12.5 Å². The Kier molecular flexibility index (Phi) is 10.9. The largest absolute Gasteiger partial charge is 0.369 e. The maximum atomic E-state index is 11.9. The van der Waals surface area contributed by atoms with E-state index in [2.05, 4.69) is 13.8 Å². The van der Waals surface area contributed by atoms with E-state index >= 15 is 0 Å². The van der Waals surface area contributed by atoms with Crippen molar-refractivity contribution >= 4 is 5.91 Å². The van der Waals surface area contributed by atoms with E-state index in [-0.39, 0.29) is 11.3 Å². The first-order chi connectivity index (χ1) is 9.13. The zero-order chi connectivity index (χ0) is 14.6. The molecule has 3 heteroatoms. The molecule has 0 aromatic rings. The van der Waals surface area contributed by atoms with Crippen LogP contribution in [0.25, 0.3) is 0 Å². The molecule has 0 aromatic heterocycles. The molecule has 0 fully saturated rings. The van der Waals surface area contributed by atoms with Gasteiger partial charge in [0.1, 0.15) is 0 Å². The quantitative estimate of drug-likeness (QED) is 0.500. The third-order valence-electron chi connectivity index (χ3n) is 4.16. The zero-order valence-electron chi connectivity index (χ0n) is 13.0. The van der Waals surface area contributed by atoms with E-state index in [1.54, 1.807) is 0 Å². The number of carbonyl (C=O) groups excluding carboxylic acids is 1. The highest BCUT2D eigenvalue weighted by Crippen LogP contribution is 2.34. The monoisotopic (exact) mass is 270 g/mol. The second kappa shape index (κ2) is 11.3. The molecule has 0 aromatic carbocycles. The van der Waals surface area contributed by atoms with Crippen molar-refractivity contribution in [3.63, 3.8) is 0 Å². The summed E-state index contributed by atoms with van der Waals surface area (Å²) in [6.45, 7) is 4.96. The first-order valence-electron chi connectivity index (χ1n) is 8.13. The lowest BCUT2D eigenvalue weighted by Crippen LogP contribution is -2.39. The number of unbranched alkanes of at least 4 members (excludes halogenated alkanes) is 6. The van der Waals surface area contributed by atoms with Crippen molar-refractivity contribution in [1.82, 2.24) is 0 Å². The van der Waals surface area contributed by atoms with Gasteiger partial charge in [0.2, 0.25) is 5.91 Å². The summed E-state index contributed by atoms with van der Waals surface area (Å²) in [6, 6.07) is 0. The molecule has 19 heavy (non-hydrogen) atoms. The van der Waals surface area contributed by atoms with Crippen LogP contribution in [0.15, 0.2) is 0 Å². The predicted octanol–water partition coefficient (Wildman–Crippen LogP) is 3.75. The number of carbonyl (C=O) groups is 1. The fourth-order valence-electron chi connectivity index (χ4n) is 2.80. The summed E-state index contributed by atoms with van der Waals surface area (Å²) in [6.07, 6.45) is 12.1. The Labute approximate surface area is 119 Å². The van der Waals surface area contributed by atoms with Gasteiger partial charge in [-0.1, -0.05) is 65.2 Å². The third-order valence-corrected chi connectivity index (χ3v) is 4.16. The summed E-state index contributed by atoms with van der Waals surface area (Å²) >= 11 is 0. The van der Waals surface area contributed by atoms with Gasteiger partial charge in [-0.15, -0.1) is 0 Å². The van der Waals surface area contributed by atoms with Crippen molar-refractivity contribution < 1.29 is 4.79 Å². The molecule has 0 aliphatic heterocycles. The number of hydrogen-bond donors (Lipinski definition) is 2. The molecule has 114 valence electrons. The Hall–Kier alpha value is -0.570. The Morgan fingerprint density at radius 1 is 0.842 bits per heavy atom. The average Bonchev–Trinajstić information content (AvgIpc) is 2.39. The number of amides is 1. The lowest BCUT2D eigenvalue weighted by Gasteiger charge is -2.30. The van der Waals surface area contributed by atoms with Crippen LogP contribution in [0, 0.1) is 5.41 Å². The van der Waals surface area contributed by atoms with Crippen LogP contribution in [0.4, 0.5) is 0 Å². The smallest absolute Gasteiger partial charge is 0.223 e. The Morgan fingerprint density at radius 2 is 1.32 bits per heavy atom. The minimum atomic E-state index is -0.337. The van der Waals surface area contributed by atoms with Crippen LogP contribution >= 0.6 is 0 Å². The summed E-state index contributed by atoms with van der Waals surface area (Å²) in [7, 11) is 0. The van der Waals surface area contributed by atoms with Gasteiger partial charge in [0, 0.05) is 0 Å². The summed E-state index contributed by atoms with van der Waals surface area (Å²) in [5.41, 5.74) is 11.1. The van der Waals surface area contributed by atoms with E-state index in [0.717, 1.165) is 32.1 Å². The predicted molar refractivity (Wildman–Crippen MR) is 82.8 cm³/mol. The van der Waals surface area contributed by atoms with Crippen molar-refractivity contribution in [3.05, 3.63) is 0 Å². The van der Waals surface area contributed by atoms with Gasteiger partial charge in [-0.2, -0.15) is 0 Å². The number of primary amides is 1. The van der Waals surface area contributed by atoms with Crippen LogP contribution in [0.2, 0.25) is 0 Å². The zero-order valence-corrected chi connectivity index (χ0v) is 13.0. The molecule has 0 bridgehead atoms. The molecule has 3 nitrogen and oxygen atoms in total. The summed E-state index contributed by atoms with van der Waals surface area (Å²) in [4.78, 5) is 11.9. The first kappa shape index (κ1) is 18.4. The van der Waals surface area contributed by atoms with Crippen molar-refractivity contribution in [2.75, 3.05) is 6.54 Å². The van der Waals surface area contributed by atoms with E-state index < -0.39 is 0 Å². The fraction of sp³-hybridized carbons (Fsp3) is 0.938. The Bertz CT molecular complexity index is 217. The van der Waals surface area contributed by atoms with Crippen LogP contribution in [0.1, 0.15) is 84.5 Å². The van der Waals surface area contributed by atoms with Crippen molar-refractivity contribution in [3.8, 4) is 0 Å². The van der Waals surface area contributed by atoms with Gasteiger partial charge < -0.3 is 11.5 Å². The molecular formula is C16H34N2O. The van der Waals surface area contributed by atoms with Gasteiger partial charge in [-0.3, -0.25) is 4.79 Å². The minimum absolute atomic E-state index is 0.133. The van der Waals surface area contributed by atoms with Crippen LogP contribution in [0.5, 0.6) is 0 Å². The molecule has 0 radical (unpaired) electrons. The maximum absolute atomic E-state index is 11.9. The highest BCUT2D eigenvalue weighted by atomic mass is 16.1. The summed E-state index contributed by atoms with van der Waals surface area (Å²) in [5.74, 6) is -0.133. The van der Waals surface area contributed by atoms with Crippen molar-refractivity contribution in [2.24, 2.45) is 16.9 Å². The molecule has 0 aliphatic carbocycles. The van der Waals surface area contributed by atoms with Gasteiger partial charge in [0.15, 0.2) is 0 Å². The molecule has 0 atom stereocenters. The topological polar surface area (TPSA) is 69.1 Å². The van der Waals surface area contributed by atoms with Gasteiger partial charge in [0.05, 0.1) is 5.41 Å². The van der Waals surface area contributed by atoms with Crippen LogP contribution < -0.4 is 11.5 Å². The molecule has 0 aliphatic rings. The first-order valence-corrected chi connectivity index (χ1v) is 8.13. The van der Waals surface area contributed by atoms with Gasteiger partial charge in [-0.05, 0) is 25.8 Å². The second-order valence-corrected chi connectivity index (χ2v) is 5.80. The molecule has 0 heterocycles. The van der Waals surface area contributed by atoms with E-state index in [4.69, 9.17) is 11.5 Å². The standard InChI is InChI=1S/C16H34N2O/c1-3-5-7-9-11-16(13-14-17,15(18)19)12-10-8-6-4-2/h3-14,17H2,1-2H3,(H2,18,19). The molecular weight excluding hydrogens is 236 g/mol. The normalized spacial score (nSPS) is 11.7. The van der Waals surface area contributed by atoms with Gasteiger partial charge in [0.25, 0.3) is 0 Å². The third kappa shape index (κ3) is 7.56. The molecule has 1 amide bonds. The highest BCUT2D eigenvalue weighted by molar-refractivity contribution is 5.80. The van der Waals surface area contributed by atoms with Crippen molar-refractivity contribution in [1.29, 1.82) is 0 Å². The van der Waals surface area contributed by atoms with Crippen LogP contribution in [0.3, 0.4) is 0 Å². The molecule has 0 rings (SSSR count). The SMILES string of the molecule is CCCCCCC(CCN)(CCCCCC)C(N)=O. The fourth-order valence-corrected chi connectivity index (χ4v) is 2.80. The van der Waals surface area contributed by atoms with Crippen molar-refractivity contribution in [2.45, 2.75) is 84.5 Å².